The molecule has 1 aliphatic heterocycles. The van der Waals surface area contributed by atoms with Crippen LogP contribution in [0.25, 0.3) is 0 Å². The average molecular weight is 438 g/mol. The first-order valence-electron chi connectivity index (χ1n) is 9.92. The lowest BCUT2D eigenvalue weighted by atomic mass is 10.3. The van der Waals surface area contributed by atoms with Crippen LogP contribution in [0.5, 0.6) is 5.75 Å². The molecule has 1 fully saturated rings. The molecule has 1 aromatic heterocycles. The second-order valence-corrected chi connectivity index (χ2v) is 7.63. The van der Waals surface area contributed by atoms with Crippen molar-refractivity contribution in [3.05, 3.63) is 34.9 Å². The topological polar surface area (TPSA) is 93.0 Å². The molecule has 0 bridgehead atoms. The van der Waals surface area contributed by atoms with Gasteiger partial charge in [-0.2, -0.15) is 4.98 Å². The fraction of sp³-hybridized carbons (Fsp3) is 0.550. The highest BCUT2D eigenvalue weighted by molar-refractivity contribution is 6.32. The van der Waals surface area contributed by atoms with Crippen molar-refractivity contribution in [2.45, 2.75) is 26.0 Å². The molecule has 164 valence electrons. The summed E-state index contributed by atoms with van der Waals surface area (Å²) in [6, 6.07) is 5.19. The number of rotatable bonds is 8. The van der Waals surface area contributed by atoms with Crippen molar-refractivity contribution in [1.82, 2.24) is 19.9 Å². The molecule has 0 radical (unpaired) electrons. The van der Waals surface area contributed by atoms with E-state index >= 15 is 0 Å². The number of nitrogens with zero attached hydrogens (tertiary/aromatic N) is 4. The van der Waals surface area contributed by atoms with Gasteiger partial charge in [-0.05, 0) is 44.6 Å². The van der Waals surface area contributed by atoms with Crippen LogP contribution in [-0.2, 0) is 16.1 Å². The number of amides is 1. The lowest BCUT2D eigenvalue weighted by Crippen LogP contribution is -2.36. The number of nitrogens with one attached hydrogen (secondary N) is 1. The van der Waals surface area contributed by atoms with E-state index in [2.05, 4.69) is 25.3 Å². The number of hydrogen-bond donors (Lipinski definition) is 1. The maximum atomic E-state index is 12.4. The van der Waals surface area contributed by atoms with Gasteiger partial charge in [-0.1, -0.05) is 16.8 Å². The number of aromatic nitrogens is 2. The second kappa shape index (κ2) is 10.7. The van der Waals surface area contributed by atoms with E-state index < -0.39 is 0 Å². The summed E-state index contributed by atoms with van der Waals surface area (Å²) in [6.07, 6.45) is 0.762. The maximum absolute atomic E-state index is 12.4. The van der Waals surface area contributed by atoms with Crippen LogP contribution in [0.3, 0.4) is 0 Å². The van der Waals surface area contributed by atoms with Crippen molar-refractivity contribution in [1.29, 1.82) is 0 Å². The van der Waals surface area contributed by atoms with E-state index in [1.807, 2.05) is 6.92 Å². The molecule has 0 spiro atoms. The maximum Gasteiger partial charge on any atom is 0.240 e. The minimum atomic E-state index is -0.193. The fourth-order valence-electron chi connectivity index (χ4n) is 3.28. The highest BCUT2D eigenvalue weighted by atomic mass is 35.5. The Balaban J connectivity index is 1.47. The smallest absolute Gasteiger partial charge is 0.240 e. The predicted octanol–water partition coefficient (Wildman–Crippen LogP) is 2.59. The predicted molar refractivity (Wildman–Crippen MR) is 113 cm³/mol. The molecule has 0 saturated carbocycles. The quantitative estimate of drug-likeness (QED) is 0.673. The molecule has 1 N–H and O–H groups in total. The van der Waals surface area contributed by atoms with Crippen molar-refractivity contribution < 1.29 is 18.8 Å². The zero-order valence-electron chi connectivity index (χ0n) is 17.6. The van der Waals surface area contributed by atoms with Gasteiger partial charge in [-0.25, -0.2) is 0 Å². The number of carbonyl (C=O) groups excluding carboxylic acids is 1. The van der Waals surface area contributed by atoms with Gasteiger partial charge in [0.2, 0.25) is 11.8 Å². The molecule has 3 rings (SSSR count). The van der Waals surface area contributed by atoms with Crippen LogP contribution < -0.4 is 10.1 Å². The largest absolute Gasteiger partial charge is 0.495 e. The summed E-state index contributed by atoms with van der Waals surface area (Å²) in [5, 5.41) is 7.32. The second-order valence-electron chi connectivity index (χ2n) is 7.23. The van der Waals surface area contributed by atoms with Crippen molar-refractivity contribution in [3.8, 4) is 5.75 Å². The van der Waals surface area contributed by atoms with Crippen LogP contribution in [0, 0.1) is 0 Å². The molecule has 1 unspecified atom stereocenters. The Morgan fingerprint density at radius 1 is 1.27 bits per heavy atom. The first kappa shape index (κ1) is 22.5. The zero-order chi connectivity index (χ0) is 21.5. The van der Waals surface area contributed by atoms with E-state index in [1.165, 1.54) is 0 Å². The number of halogens is 1. The molecule has 1 atom stereocenters. The molecular weight excluding hydrogens is 410 g/mol. The Labute approximate surface area is 181 Å². The van der Waals surface area contributed by atoms with Crippen LogP contribution in [0.15, 0.2) is 22.7 Å². The first-order chi connectivity index (χ1) is 14.5. The number of methoxy groups -OCH3 is 2. The summed E-state index contributed by atoms with van der Waals surface area (Å²) in [5.74, 6) is 1.64. The van der Waals surface area contributed by atoms with Crippen LogP contribution in [0.1, 0.15) is 31.2 Å². The van der Waals surface area contributed by atoms with Gasteiger partial charge < -0.3 is 19.3 Å². The number of benzene rings is 1. The third kappa shape index (κ3) is 6.15. The Kier molecular flexibility index (Phi) is 8.03. The summed E-state index contributed by atoms with van der Waals surface area (Å²) in [6.45, 7) is 6.16. The number of anilines is 1. The molecule has 1 aromatic carbocycles. The summed E-state index contributed by atoms with van der Waals surface area (Å²) in [7, 11) is 3.17. The zero-order valence-corrected chi connectivity index (χ0v) is 18.3. The van der Waals surface area contributed by atoms with E-state index in [-0.39, 0.29) is 12.0 Å². The van der Waals surface area contributed by atoms with Gasteiger partial charge in [0.25, 0.3) is 0 Å². The molecule has 2 heterocycles. The Hall–Kier alpha value is -2.20. The van der Waals surface area contributed by atoms with Crippen molar-refractivity contribution in [2.24, 2.45) is 0 Å². The van der Waals surface area contributed by atoms with Gasteiger partial charge in [-0.3, -0.25) is 14.6 Å². The van der Waals surface area contributed by atoms with E-state index in [0.29, 0.717) is 41.3 Å². The Morgan fingerprint density at radius 3 is 2.77 bits per heavy atom. The minimum absolute atomic E-state index is 0.0696. The lowest BCUT2D eigenvalue weighted by molar-refractivity contribution is -0.117. The molecule has 1 saturated heterocycles. The minimum Gasteiger partial charge on any atom is -0.495 e. The van der Waals surface area contributed by atoms with Gasteiger partial charge in [0.1, 0.15) is 11.9 Å². The SMILES string of the molecule is COc1ccc(NC(=O)CN2CCCN(Cc3nc(C(C)OC)no3)CC2)cc1Cl. The lowest BCUT2D eigenvalue weighted by Gasteiger charge is -2.20. The van der Waals surface area contributed by atoms with Crippen molar-refractivity contribution in [3.63, 3.8) is 0 Å². The molecular formula is C20H28ClN5O4. The van der Waals surface area contributed by atoms with Crippen LogP contribution >= 0.6 is 11.6 Å². The van der Waals surface area contributed by atoms with E-state index in [4.69, 9.17) is 25.6 Å². The highest BCUT2D eigenvalue weighted by Crippen LogP contribution is 2.27. The van der Waals surface area contributed by atoms with Crippen molar-refractivity contribution in [2.75, 3.05) is 52.3 Å². The van der Waals surface area contributed by atoms with Crippen LogP contribution in [0.2, 0.25) is 5.02 Å². The third-order valence-electron chi connectivity index (χ3n) is 5.04. The summed E-state index contributed by atoms with van der Waals surface area (Å²) in [5.41, 5.74) is 0.653. The van der Waals surface area contributed by atoms with Crippen molar-refractivity contribution >= 4 is 23.2 Å². The Morgan fingerprint density at radius 2 is 2.03 bits per heavy atom. The monoisotopic (exact) mass is 437 g/mol. The third-order valence-corrected chi connectivity index (χ3v) is 5.34. The molecule has 10 heteroatoms. The van der Waals surface area contributed by atoms with Gasteiger partial charge in [0, 0.05) is 25.9 Å². The average Bonchev–Trinajstić information content (AvgIpc) is 3.08. The van der Waals surface area contributed by atoms with E-state index in [0.717, 1.165) is 32.6 Å². The normalized spacial score (nSPS) is 16.8. The van der Waals surface area contributed by atoms with Crippen LogP contribution in [-0.4, -0.2) is 72.8 Å². The number of ether oxygens (including phenoxy) is 2. The van der Waals surface area contributed by atoms with E-state index in [9.17, 15) is 4.79 Å². The Bertz CT molecular complexity index is 846. The molecule has 0 aliphatic carbocycles. The summed E-state index contributed by atoms with van der Waals surface area (Å²) >= 11 is 6.12. The number of carbonyl (C=O) groups is 1. The first-order valence-corrected chi connectivity index (χ1v) is 10.3. The van der Waals surface area contributed by atoms with E-state index in [1.54, 1.807) is 32.4 Å². The summed E-state index contributed by atoms with van der Waals surface area (Å²) < 4.78 is 15.7. The standard InChI is InChI=1S/C20H28ClN5O4/c1-14(28-2)20-23-19(30-24-20)13-26-8-4-7-25(9-10-26)12-18(27)22-15-5-6-17(29-3)16(21)11-15/h5-6,11,14H,4,7-10,12-13H2,1-3H3,(H,22,27). The van der Waals surface area contributed by atoms with Gasteiger partial charge in [-0.15, -0.1) is 0 Å². The highest BCUT2D eigenvalue weighted by Gasteiger charge is 2.20. The summed E-state index contributed by atoms with van der Waals surface area (Å²) in [4.78, 5) is 21.2. The van der Waals surface area contributed by atoms with Crippen LogP contribution in [0.4, 0.5) is 5.69 Å². The molecule has 30 heavy (non-hydrogen) atoms. The fourth-order valence-corrected chi connectivity index (χ4v) is 3.54. The molecule has 9 nitrogen and oxygen atoms in total. The van der Waals surface area contributed by atoms with Gasteiger partial charge in [0.05, 0.1) is 25.2 Å². The molecule has 1 amide bonds. The van der Waals surface area contributed by atoms with Gasteiger partial charge >= 0.3 is 0 Å². The molecule has 1 aliphatic rings. The van der Waals surface area contributed by atoms with Gasteiger partial charge in [0.15, 0.2) is 5.82 Å². The number of hydrogen-bond acceptors (Lipinski definition) is 8. The molecule has 2 aromatic rings.